The van der Waals surface area contributed by atoms with Gasteiger partial charge in [-0.15, -0.1) is 0 Å². The van der Waals surface area contributed by atoms with E-state index in [0.717, 1.165) is 18.9 Å². The normalized spacial score (nSPS) is 15.8. The maximum absolute atomic E-state index is 13.5. The van der Waals surface area contributed by atoms with E-state index in [4.69, 9.17) is 0 Å². The van der Waals surface area contributed by atoms with Crippen molar-refractivity contribution >= 4 is 15.9 Å². The van der Waals surface area contributed by atoms with Crippen LogP contribution in [0.15, 0.2) is 53.4 Å². The second-order valence-electron chi connectivity index (χ2n) is 6.41. The largest absolute Gasteiger partial charge is 0.341 e. The van der Waals surface area contributed by atoms with E-state index in [0.29, 0.717) is 18.7 Å². The summed E-state index contributed by atoms with van der Waals surface area (Å²) in [5.41, 5.74) is 0.807. The van der Waals surface area contributed by atoms with Crippen molar-refractivity contribution in [3.05, 3.63) is 65.5 Å². The number of hydrogen-bond acceptors (Lipinski definition) is 3. The predicted molar refractivity (Wildman–Crippen MR) is 96.5 cm³/mol. The van der Waals surface area contributed by atoms with Crippen LogP contribution in [0.25, 0.3) is 0 Å². The summed E-state index contributed by atoms with van der Waals surface area (Å²) in [6, 6.07) is 11.3. The number of rotatable bonds is 5. The number of nitrogens with one attached hydrogen (secondary N) is 1. The number of carbonyl (C=O) groups excluding carboxylic acids is 1. The monoisotopic (exact) mass is 376 g/mol. The number of aryl methyl sites for hydroxylation is 1. The van der Waals surface area contributed by atoms with Crippen molar-refractivity contribution in [1.82, 2.24) is 9.62 Å². The first-order valence-corrected chi connectivity index (χ1v) is 9.99. The third-order valence-electron chi connectivity index (χ3n) is 4.51. The van der Waals surface area contributed by atoms with Crippen molar-refractivity contribution in [2.24, 2.45) is 0 Å². The van der Waals surface area contributed by atoms with Crippen LogP contribution in [0.2, 0.25) is 0 Å². The lowest BCUT2D eigenvalue weighted by Crippen LogP contribution is -2.41. The molecule has 5 nitrogen and oxygen atoms in total. The smallest absolute Gasteiger partial charge is 0.245 e. The molecular formula is C19H21FN2O3S. The molecule has 1 fully saturated rings. The van der Waals surface area contributed by atoms with Crippen molar-refractivity contribution in [1.29, 1.82) is 0 Å². The minimum Gasteiger partial charge on any atom is -0.341 e. The molecule has 2 aromatic rings. The van der Waals surface area contributed by atoms with Crippen LogP contribution in [0.5, 0.6) is 0 Å². The average molecular weight is 376 g/mol. The van der Waals surface area contributed by atoms with Crippen LogP contribution in [-0.2, 0) is 14.8 Å². The first kappa shape index (κ1) is 18.5. The second kappa shape index (κ2) is 7.55. The Morgan fingerprint density at radius 2 is 1.77 bits per heavy atom. The Balaban J connectivity index is 1.94. The molecule has 0 saturated carbocycles. The lowest BCUT2D eigenvalue weighted by Gasteiger charge is -2.24. The Labute approximate surface area is 152 Å². The van der Waals surface area contributed by atoms with E-state index in [-0.39, 0.29) is 16.4 Å². The molecule has 0 aromatic heterocycles. The Bertz CT molecular complexity index is 894. The van der Waals surface area contributed by atoms with Gasteiger partial charge in [0.25, 0.3) is 0 Å². The quantitative estimate of drug-likeness (QED) is 0.873. The van der Waals surface area contributed by atoms with E-state index in [1.54, 1.807) is 35.2 Å². The van der Waals surface area contributed by atoms with Crippen molar-refractivity contribution in [2.45, 2.75) is 30.7 Å². The fourth-order valence-corrected chi connectivity index (χ4v) is 4.30. The molecule has 138 valence electrons. The molecule has 1 aliphatic heterocycles. The summed E-state index contributed by atoms with van der Waals surface area (Å²) in [5, 5.41) is 0. The lowest BCUT2D eigenvalue weighted by molar-refractivity contribution is -0.132. The van der Waals surface area contributed by atoms with Gasteiger partial charge in [-0.3, -0.25) is 4.79 Å². The lowest BCUT2D eigenvalue weighted by atomic mass is 10.1. The molecule has 1 atom stereocenters. The van der Waals surface area contributed by atoms with Gasteiger partial charge in [0.2, 0.25) is 15.9 Å². The summed E-state index contributed by atoms with van der Waals surface area (Å²) in [6.45, 7) is 2.75. The van der Waals surface area contributed by atoms with Crippen LogP contribution in [0, 0.1) is 12.7 Å². The number of sulfonamides is 1. The number of nitrogens with zero attached hydrogens (tertiary/aromatic N) is 1. The van der Waals surface area contributed by atoms with Gasteiger partial charge in [0, 0.05) is 13.1 Å². The van der Waals surface area contributed by atoms with Gasteiger partial charge >= 0.3 is 0 Å². The van der Waals surface area contributed by atoms with Gasteiger partial charge in [-0.05, 0) is 49.1 Å². The highest BCUT2D eigenvalue weighted by atomic mass is 32.2. The molecule has 0 unspecified atom stereocenters. The summed E-state index contributed by atoms with van der Waals surface area (Å²) in [7, 11) is -3.99. The zero-order valence-corrected chi connectivity index (χ0v) is 15.3. The minimum atomic E-state index is -3.99. The molecular weight excluding hydrogens is 355 g/mol. The van der Waals surface area contributed by atoms with Gasteiger partial charge in [0.1, 0.15) is 11.9 Å². The fraction of sp³-hybridized carbons (Fsp3) is 0.316. The molecule has 0 bridgehead atoms. The molecule has 0 spiro atoms. The molecule has 1 aliphatic rings. The molecule has 1 heterocycles. The van der Waals surface area contributed by atoms with Crippen LogP contribution in [0.3, 0.4) is 0 Å². The minimum absolute atomic E-state index is 0.0634. The van der Waals surface area contributed by atoms with Crippen molar-refractivity contribution in [3.63, 3.8) is 0 Å². The van der Waals surface area contributed by atoms with Crippen LogP contribution in [0.4, 0.5) is 4.39 Å². The number of benzene rings is 2. The number of halogens is 1. The Hall–Kier alpha value is -2.25. The van der Waals surface area contributed by atoms with Gasteiger partial charge in [0.05, 0.1) is 4.90 Å². The highest BCUT2D eigenvalue weighted by Crippen LogP contribution is 2.23. The zero-order chi connectivity index (χ0) is 18.7. The van der Waals surface area contributed by atoms with E-state index >= 15 is 0 Å². The third-order valence-corrected chi connectivity index (χ3v) is 5.93. The van der Waals surface area contributed by atoms with Crippen LogP contribution in [-0.4, -0.2) is 32.3 Å². The van der Waals surface area contributed by atoms with Gasteiger partial charge in [-0.1, -0.05) is 30.3 Å². The molecule has 1 saturated heterocycles. The molecule has 0 radical (unpaired) electrons. The summed E-state index contributed by atoms with van der Waals surface area (Å²) >= 11 is 0. The van der Waals surface area contributed by atoms with Crippen LogP contribution in [0.1, 0.15) is 30.0 Å². The zero-order valence-electron chi connectivity index (χ0n) is 14.5. The number of likely N-dealkylation sites (tertiary alicyclic amines) is 1. The van der Waals surface area contributed by atoms with E-state index in [2.05, 4.69) is 4.72 Å². The van der Waals surface area contributed by atoms with E-state index in [9.17, 15) is 17.6 Å². The number of hydrogen-bond donors (Lipinski definition) is 1. The molecule has 2 aromatic carbocycles. The van der Waals surface area contributed by atoms with Gasteiger partial charge in [-0.2, -0.15) is 4.72 Å². The van der Waals surface area contributed by atoms with Crippen LogP contribution >= 0.6 is 0 Å². The summed E-state index contributed by atoms with van der Waals surface area (Å²) in [4.78, 5) is 14.5. The maximum atomic E-state index is 13.5. The third kappa shape index (κ3) is 3.94. The van der Waals surface area contributed by atoms with Gasteiger partial charge in [0.15, 0.2) is 0 Å². The van der Waals surface area contributed by atoms with Crippen molar-refractivity contribution in [3.8, 4) is 0 Å². The average Bonchev–Trinajstić information content (AvgIpc) is 3.17. The first-order valence-electron chi connectivity index (χ1n) is 8.51. The standard InChI is InChI=1S/C19H21FN2O3S/c1-14-13-16(9-10-17(14)20)26(24,25)21-18(15-7-3-2-4-8-15)19(23)22-11-5-6-12-22/h2-4,7-10,13,18,21H,5-6,11-12H2,1H3/t18-/m0/s1. The topological polar surface area (TPSA) is 66.5 Å². The number of amides is 1. The summed E-state index contributed by atoms with van der Waals surface area (Å²) < 4.78 is 41.6. The Kier molecular flexibility index (Phi) is 5.38. The van der Waals surface area contributed by atoms with E-state index < -0.39 is 21.9 Å². The highest BCUT2D eigenvalue weighted by Gasteiger charge is 2.31. The Morgan fingerprint density at radius 3 is 2.38 bits per heavy atom. The fourth-order valence-electron chi connectivity index (χ4n) is 3.03. The maximum Gasteiger partial charge on any atom is 0.245 e. The first-order chi connectivity index (χ1) is 12.4. The van der Waals surface area contributed by atoms with Gasteiger partial charge in [-0.25, -0.2) is 12.8 Å². The molecule has 0 aliphatic carbocycles. The molecule has 26 heavy (non-hydrogen) atoms. The molecule has 1 amide bonds. The molecule has 7 heteroatoms. The summed E-state index contributed by atoms with van der Waals surface area (Å²) in [5.74, 6) is -0.743. The van der Waals surface area contributed by atoms with Crippen molar-refractivity contribution < 1.29 is 17.6 Å². The molecule has 1 N–H and O–H groups in total. The van der Waals surface area contributed by atoms with Crippen molar-refractivity contribution in [2.75, 3.05) is 13.1 Å². The Morgan fingerprint density at radius 1 is 1.12 bits per heavy atom. The SMILES string of the molecule is Cc1cc(S(=O)(=O)N[C@H](C(=O)N2CCCC2)c2ccccc2)ccc1F. The van der Waals surface area contributed by atoms with Crippen LogP contribution < -0.4 is 4.72 Å². The van der Waals surface area contributed by atoms with Gasteiger partial charge < -0.3 is 4.90 Å². The number of carbonyl (C=O) groups is 1. The second-order valence-corrected chi connectivity index (χ2v) is 8.12. The van der Waals surface area contributed by atoms with E-state index in [1.165, 1.54) is 19.1 Å². The van der Waals surface area contributed by atoms with E-state index in [1.807, 2.05) is 0 Å². The molecule has 3 rings (SSSR count). The predicted octanol–water partition coefficient (Wildman–Crippen LogP) is 2.78. The highest BCUT2D eigenvalue weighted by molar-refractivity contribution is 7.89. The summed E-state index contributed by atoms with van der Waals surface area (Å²) in [6.07, 6.45) is 1.83.